The Kier molecular flexibility index (Phi) is 4.68. The highest BCUT2D eigenvalue weighted by molar-refractivity contribution is 5.81. The maximum absolute atomic E-state index is 12.7. The number of ether oxygens (including phenoxy) is 2. The number of nitrogens with zero attached hydrogens (tertiary/aromatic N) is 1. The highest BCUT2D eigenvalue weighted by atomic mass is 16.6. The van der Waals surface area contributed by atoms with Crippen molar-refractivity contribution in [3.63, 3.8) is 0 Å². The summed E-state index contributed by atoms with van der Waals surface area (Å²) in [7, 11) is 0. The van der Waals surface area contributed by atoms with Gasteiger partial charge in [0.2, 0.25) is 0 Å². The zero-order chi connectivity index (χ0) is 18.4. The van der Waals surface area contributed by atoms with Crippen molar-refractivity contribution in [1.29, 1.82) is 0 Å². The van der Waals surface area contributed by atoms with Crippen LogP contribution in [0.25, 0.3) is 0 Å². The van der Waals surface area contributed by atoms with Gasteiger partial charge in [-0.2, -0.15) is 0 Å². The van der Waals surface area contributed by atoms with Gasteiger partial charge in [-0.15, -0.1) is 0 Å². The maximum Gasteiger partial charge on any atom is 0.338 e. The van der Waals surface area contributed by atoms with Gasteiger partial charge in [0.05, 0.1) is 6.04 Å². The van der Waals surface area contributed by atoms with Gasteiger partial charge in [-0.25, -0.2) is 9.59 Å². The summed E-state index contributed by atoms with van der Waals surface area (Å²) in [5.74, 6) is -2.09. The van der Waals surface area contributed by atoms with Crippen LogP contribution in [0.4, 0.5) is 0 Å². The molecule has 0 aromatic rings. The monoisotopic (exact) mass is 353 g/mol. The molecule has 5 unspecified atom stereocenters. The molecule has 0 spiro atoms. The lowest BCUT2D eigenvalue weighted by Gasteiger charge is -2.36. The van der Waals surface area contributed by atoms with E-state index < -0.39 is 29.1 Å². The molecule has 2 fully saturated rings. The number of aliphatic hydroxyl groups is 2. The largest absolute Gasteiger partial charge is 0.459 e. The number of carbonyl (C=O) groups excluding carboxylic acids is 2. The molecular formula is C18H27NO6. The fourth-order valence-electron chi connectivity index (χ4n) is 3.95. The van der Waals surface area contributed by atoms with Gasteiger partial charge in [0, 0.05) is 13.1 Å². The Morgan fingerprint density at radius 3 is 2.72 bits per heavy atom. The smallest absolute Gasteiger partial charge is 0.338 e. The van der Waals surface area contributed by atoms with Crippen molar-refractivity contribution < 1.29 is 29.3 Å². The van der Waals surface area contributed by atoms with Gasteiger partial charge in [-0.1, -0.05) is 19.9 Å². The summed E-state index contributed by atoms with van der Waals surface area (Å²) in [6, 6.07) is -0.125. The summed E-state index contributed by atoms with van der Waals surface area (Å²) in [5.41, 5.74) is -2.65. The van der Waals surface area contributed by atoms with Crippen molar-refractivity contribution in [2.75, 3.05) is 19.7 Å². The molecule has 3 heterocycles. The molecule has 25 heavy (non-hydrogen) atoms. The molecule has 3 rings (SSSR count). The summed E-state index contributed by atoms with van der Waals surface area (Å²) in [4.78, 5) is 27.3. The van der Waals surface area contributed by atoms with Crippen LogP contribution in [0, 0.1) is 5.92 Å². The Hall–Kier alpha value is -1.44. The van der Waals surface area contributed by atoms with Crippen molar-refractivity contribution in [2.45, 2.75) is 63.4 Å². The van der Waals surface area contributed by atoms with Crippen molar-refractivity contribution in [2.24, 2.45) is 5.92 Å². The van der Waals surface area contributed by atoms with E-state index in [9.17, 15) is 19.8 Å². The third kappa shape index (κ3) is 3.09. The molecule has 2 N–H and O–H groups in total. The van der Waals surface area contributed by atoms with E-state index in [2.05, 4.69) is 4.90 Å². The molecule has 0 aromatic heterocycles. The molecule has 3 aliphatic rings. The fraction of sp³-hybridized carbons (Fsp3) is 0.778. The molecule has 0 aliphatic carbocycles. The summed E-state index contributed by atoms with van der Waals surface area (Å²) >= 11 is 0. The Morgan fingerprint density at radius 1 is 1.32 bits per heavy atom. The topological polar surface area (TPSA) is 96.3 Å². The Bertz CT molecular complexity index is 600. The second kappa shape index (κ2) is 6.37. The van der Waals surface area contributed by atoms with E-state index in [0.717, 1.165) is 18.7 Å². The van der Waals surface area contributed by atoms with Crippen molar-refractivity contribution >= 4 is 11.9 Å². The van der Waals surface area contributed by atoms with E-state index in [1.165, 1.54) is 6.92 Å². The molecule has 2 saturated heterocycles. The van der Waals surface area contributed by atoms with Gasteiger partial charge in [0.25, 0.3) is 0 Å². The highest BCUT2D eigenvalue weighted by Crippen LogP contribution is 2.36. The van der Waals surface area contributed by atoms with Crippen molar-refractivity contribution in [3.05, 3.63) is 11.6 Å². The van der Waals surface area contributed by atoms with Crippen LogP contribution in [0.5, 0.6) is 0 Å². The molecule has 7 heteroatoms. The van der Waals surface area contributed by atoms with Crippen LogP contribution < -0.4 is 0 Å². The Balaban J connectivity index is 1.93. The molecule has 0 bridgehead atoms. The second-order valence-electron chi connectivity index (χ2n) is 7.67. The van der Waals surface area contributed by atoms with Gasteiger partial charge in [0.15, 0.2) is 11.2 Å². The molecular weight excluding hydrogens is 326 g/mol. The van der Waals surface area contributed by atoms with Gasteiger partial charge in [-0.05, 0) is 37.7 Å². The van der Waals surface area contributed by atoms with Gasteiger partial charge >= 0.3 is 11.9 Å². The van der Waals surface area contributed by atoms with E-state index in [4.69, 9.17) is 9.47 Å². The first kappa shape index (κ1) is 18.4. The quantitative estimate of drug-likeness (QED) is 0.520. The lowest BCUT2D eigenvalue weighted by atomic mass is 9.80. The third-order valence-electron chi connectivity index (χ3n) is 6.02. The standard InChI is InChI=1S/C18H27NO6/c1-4-18(23)9-11(2)17(3,22)15(20)24-10-12-5-7-19-8-6-13(14(12)19)25-16(18)21/h5,11,13-14,22-23H,4,6-10H2,1-3H3. The summed E-state index contributed by atoms with van der Waals surface area (Å²) < 4.78 is 11.0. The summed E-state index contributed by atoms with van der Waals surface area (Å²) in [6.07, 6.45) is 2.38. The normalized spacial score (nSPS) is 42.8. The van der Waals surface area contributed by atoms with E-state index in [0.29, 0.717) is 6.42 Å². The van der Waals surface area contributed by atoms with Crippen LogP contribution in [-0.2, 0) is 19.1 Å². The number of esters is 2. The average molecular weight is 353 g/mol. The minimum absolute atomic E-state index is 0.0752. The average Bonchev–Trinajstić information content (AvgIpc) is 3.14. The Labute approximate surface area is 147 Å². The van der Waals surface area contributed by atoms with Gasteiger partial charge in [-0.3, -0.25) is 4.90 Å². The summed E-state index contributed by atoms with van der Waals surface area (Å²) in [5, 5.41) is 21.4. The zero-order valence-electron chi connectivity index (χ0n) is 15.0. The molecule has 0 aromatic carbocycles. The van der Waals surface area contributed by atoms with Crippen LogP contribution in [0.2, 0.25) is 0 Å². The molecule has 0 saturated carbocycles. The number of rotatable bonds is 1. The van der Waals surface area contributed by atoms with Crippen molar-refractivity contribution in [3.8, 4) is 0 Å². The van der Waals surface area contributed by atoms with Crippen LogP contribution in [0.15, 0.2) is 11.6 Å². The van der Waals surface area contributed by atoms with Crippen molar-refractivity contribution in [1.82, 2.24) is 4.90 Å². The molecule has 0 amide bonds. The van der Waals surface area contributed by atoms with Crippen LogP contribution in [-0.4, -0.2) is 70.1 Å². The van der Waals surface area contributed by atoms with Crippen LogP contribution >= 0.6 is 0 Å². The molecule has 140 valence electrons. The first-order valence-electron chi connectivity index (χ1n) is 8.95. The van der Waals surface area contributed by atoms with Gasteiger partial charge < -0.3 is 19.7 Å². The van der Waals surface area contributed by atoms with Crippen LogP contribution in [0.1, 0.15) is 40.0 Å². The predicted molar refractivity (Wildman–Crippen MR) is 88.5 cm³/mol. The van der Waals surface area contributed by atoms with Gasteiger partial charge in [0.1, 0.15) is 12.7 Å². The number of carbonyl (C=O) groups is 2. The lowest BCUT2D eigenvalue weighted by molar-refractivity contribution is -0.183. The SMILES string of the molecule is CCC1(O)CC(C)C(C)(O)C(=O)OCC2=CCN3CCC(OC1=O)C23. The van der Waals surface area contributed by atoms with E-state index in [1.807, 2.05) is 6.08 Å². The summed E-state index contributed by atoms with van der Waals surface area (Å²) in [6.45, 7) is 6.26. The Morgan fingerprint density at radius 2 is 2.04 bits per heavy atom. The van der Waals surface area contributed by atoms with E-state index >= 15 is 0 Å². The minimum atomic E-state index is -1.80. The first-order valence-corrected chi connectivity index (χ1v) is 8.95. The zero-order valence-corrected chi connectivity index (χ0v) is 15.0. The second-order valence-corrected chi connectivity index (χ2v) is 7.67. The minimum Gasteiger partial charge on any atom is -0.459 e. The van der Waals surface area contributed by atoms with E-state index in [1.54, 1.807) is 13.8 Å². The highest BCUT2D eigenvalue weighted by Gasteiger charge is 2.49. The lowest BCUT2D eigenvalue weighted by Crippen LogP contribution is -2.51. The number of hydrogen-bond donors (Lipinski definition) is 2. The molecule has 7 nitrogen and oxygen atoms in total. The molecule has 3 aliphatic heterocycles. The fourth-order valence-corrected chi connectivity index (χ4v) is 3.95. The molecule has 0 radical (unpaired) electrons. The van der Waals surface area contributed by atoms with E-state index in [-0.39, 0.29) is 31.6 Å². The third-order valence-corrected chi connectivity index (χ3v) is 6.02. The number of cyclic esters (lactones) is 1. The first-order chi connectivity index (χ1) is 11.7. The maximum atomic E-state index is 12.7. The predicted octanol–water partition coefficient (Wildman–Crippen LogP) is 0.388. The number of hydrogen-bond acceptors (Lipinski definition) is 7. The molecule has 5 atom stereocenters. The van der Waals surface area contributed by atoms with Crippen LogP contribution in [0.3, 0.4) is 0 Å².